The number of fused-ring (bicyclic) bond motifs is 1. The Morgan fingerprint density at radius 2 is 2.36 bits per heavy atom. The van der Waals surface area contributed by atoms with Crippen molar-refractivity contribution in [2.45, 2.75) is 25.2 Å². The fourth-order valence-electron chi connectivity index (χ4n) is 2.93. The summed E-state index contributed by atoms with van der Waals surface area (Å²) in [5.74, 6) is 1.18. The van der Waals surface area contributed by atoms with E-state index < -0.39 is 6.09 Å². The van der Waals surface area contributed by atoms with Gasteiger partial charge in [0.15, 0.2) is 0 Å². The number of rotatable bonds is 7. The minimum absolute atomic E-state index is 0.312. The molecule has 1 aromatic heterocycles. The van der Waals surface area contributed by atoms with Crippen LogP contribution < -0.4 is 10.1 Å². The minimum Gasteiger partial charge on any atom is -0.493 e. The summed E-state index contributed by atoms with van der Waals surface area (Å²) in [6, 6.07) is 5.68. The molecular formula is C18H23N3O4. The van der Waals surface area contributed by atoms with E-state index in [0.29, 0.717) is 37.8 Å². The van der Waals surface area contributed by atoms with Crippen molar-refractivity contribution in [2.75, 3.05) is 32.2 Å². The number of carbonyl (C=O) groups is 1. The van der Waals surface area contributed by atoms with Crippen LogP contribution in [0.25, 0.3) is 0 Å². The third-order valence-corrected chi connectivity index (χ3v) is 4.16. The first-order valence-electron chi connectivity index (χ1n) is 8.43. The third-order valence-electron chi connectivity index (χ3n) is 4.16. The van der Waals surface area contributed by atoms with Crippen LogP contribution in [0.1, 0.15) is 30.0 Å². The van der Waals surface area contributed by atoms with Crippen molar-refractivity contribution in [3.8, 4) is 5.75 Å². The molecule has 0 spiro atoms. The zero-order chi connectivity index (χ0) is 17.5. The van der Waals surface area contributed by atoms with Gasteiger partial charge in [-0.1, -0.05) is 0 Å². The predicted octanol–water partition coefficient (Wildman–Crippen LogP) is 3.10. The van der Waals surface area contributed by atoms with Crippen molar-refractivity contribution in [2.24, 2.45) is 0 Å². The molecule has 2 heterocycles. The third kappa shape index (κ3) is 4.73. The largest absolute Gasteiger partial charge is 0.493 e. The van der Waals surface area contributed by atoms with Crippen LogP contribution in [0.4, 0.5) is 10.5 Å². The van der Waals surface area contributed by atoms with Crippen molar-refractivity contribution in [1.82, 2.24) is 9.97 Å². The molecule has 1 aromatic carbocycles. The Bertz CT molecular complexity index is 688. The van der Waals surface area contributed by atoms with Crippen LogP contribution in [0.15, 0.2) is 30.7 Å². The van der Waals surface area contributed by atoms with Crippen molar-refractivity contribution >= 4 is 11.8 Å². The molecule has 134 valence electrons. The van der Waals surface area contributed by atoms with Gasteiger partial charge in [-0.3, -0.25) is 5.32 Å². The van der Waals surface area contributed by atoms with Crippen molar-refractivity contribution in [3.05, 3.63) is 42.0 Å². The van der Waals surface area contributed by atoms with Gasteiger partial charge in [0.2, 0.25) is 0 Å². The van der Waals surface area contributed by atoms with E-state index in [4.69, 9.17) is 14.2 Å². The SMILES string of the molecule is COCCCOC(=O)Nc1ccc2c(c1)C(Cc1c[nH]cn1)CCO2. The molecule has 0 saturated carbocycles. The van der Waals surface area contributed by atoms with E-state index in [-0.39, 0.29) is 0 Å². The van der Waals surface area contributed by atoms with Gasteiger partial charge in [0.1, 0.15) is 5.75 Å². The van der Waals surface area contributed by atoms with E-state index >= 15 is 0 Å². The molecule has 1 atom stereocenters. The Morgan fingerprint density at radius 3 is 3.16 bits per heavy atom. The minimum atomic E-state index is -0.461. The lowest BCUT2D eigenvalue weighted by Gasteiger charge is -2.26. The summed E-state index contributed by atoms with van der Waals surface area (Å²) in [5, 5.41) is 2.77. The molecule has 3 rings (SSSR count). The highest BCUT2D eigenvalue weighted by Crippen LogP contribution is 2.37. The highest BCUT2D eigenvalue weighted by molar-refractivity contribution is 5.85. The Balaban J connectivity index is 1.64. The van der Waals surface area contributed by atoms with Gasteiger partial charge in [-0.2, -0.15) is 0 Å². The van der Waals surface area contributed by atoms with Gasteiger partial charge in [-0.15, -0.1) is 0 Å². The fourth-order valence-corrected chi connectivity index (χ4v) is 2.93. The van der Waals surface area contributed by atoms with Gasteiger partial charge in [0.25, 0.3) is 0 Å². The normalized spacial score (nSPS) is 16.0. The van der Waals surface area contributed by atoms with Gasteiger partial charge < -0.3 is 19.2 Å². The van der Waals surface area contributed by atoms with Crippen LogP contribution in [-0.4, -0.2) is 43.0 Å². The summed E-state index contributed by atoms with van der Waals surface area (Å²) in [5.41, 5.74) is 2.81. The molecule has 1 unspecified atom stereocenters. The number of carbonyl (C=O) groups excluding carboxylic acids is 1. The van der Waals surface area contributed by atoms with E-state index in [1.807, 2.05) is 24.4 Å². The molecule has 1 amide bonds. The smallest absolute Gasteiger partial charge is 0.411 e. The standard InChI is InChI=1S/C18H23N3O4/c1-23-6-2-7-25-18(22)21-14-3-4-17-16(10-14)13(5-8-24-17)9-15-11-19-12-20-15/h3-4,10-13H,2,5-9H2,1H3,(H,19,20)(H,21,22). The number of imidazole rings is 1. The summed E-state index contributed by atoms with van der Waals surface area (Å²) < 4.78 is 15.8. The van der Waals surface area contributed by atoms with Gasteiger partial charge in [-0.05, 0) is 42.5 Å². The summed E-state index contributed by atoms with van der Waals surface area (Å²) >= 11 is 0. The highest BCUT2D eigenvalue weighted by Gasteiger charge is 2.23. The fraction of sp³-hybridized carbons (Fsp3) is 0.444. The molecule has 2 N–H and O–H groups in total. The number of nitrogens with one attached hydrogen (secondary N) is 2. The number of ether oxygens (including phenoxy) is 3. The molecule has 1 aliphatic rings. The van der Waals surface area contributed by atoms with Crippen LogP contribution in [0, 0.1) is 0 Å². The molecule has 0 saturated heterocycles. The maximum atomic E-state index is 11.9. The summed E-state index contributed by atoms with van der Waals surface area (Å²) in [7, 11) is 1.62. The first-order valence-corrected chi connectivity index (χ1v) is 8.43. The van der Waals surface area contributed by atoms with Crippen LogP contribution in [0.2, 0.25) is 0 Å². The maximum Gasteiger partial charge on any atom is 0.411 e. The number of methoxy groups -OCH3 is 1. The first kappa shape index (κ1) is 17.3. The number of aromatic amines is 1. The molecule has 7 nitrogen and oxygen atoms in total. The Morgan fingerprint density at radius 1 is 1.44 bits per heavy atom. The number of hydrogen-bond donors (Lipinski definition) is 2. The summed E-state index contributed by atoms with van der Waals surface area (Å²) in [6.07, 6.45) is 5.57. The highest BCUT2D eigenvalue weighted by atomic mass is 16.5. The Kier molecular flexibility index (Phi) is 5.90. The number of aromatic nitrogens is 2. The number of anilines is 1. The first-order chi connectivity index (χ1) is 12.3. The van der Waals surface area contributed by atoms with Crippen molar-refractivity contribution in [3.63, 3.8) is 0 Å². The lowest BCUT2D eigenvalue weighted by Crippen LogP contribution is -2.18. The zero-order valence-corrected chi connectivity index (χ0v) is 14.3. The molecule has 7 heteroatoms. The van der Waals surface area contributed by atoms with Crippen molar-refractivity contribution < 1.29 is 19.0 Å². The van der Waals surface area contributed by atoms with Gasteiger partial charge in [-0.25, -0.2) is 9.78 Å². The maximum absolute atomic E-state index is 11.9. The lowest BCUT2D eigenvalue weighted by molar-refractivity contribution is 0.134. The molecule has 25 heavy (non-hydrogen) atoms. The van der Waals surface area contributed by atoms with Crippen LogP contribution in [0.3, 0.4) is 0 Å². The van der Waals surface area contributed by atoms with E-state index in [1.165, 1.54) is 0 Å². The Hall–Kier alpha value is -2.54. The lowest BCUT2D eigenvalue weighted by atomic mass is 9.89. The predicted molar refractivity (Wildman–Crippen MR) is 93.1 cm³/mol. The van der Waals surface area contributed by atoms with E-state index in [2.05, 4.69) is 15.3 Å². The van der Waals surface area contributed by atoms with E-state index in [1.54, 1.807) is 13.4 Å². The molecule has 1 aliphatic heterocycles. The van der Waals surface area contributed by atoms with Crippen LogP contribution >= 0.6 is 0 Å². The van der Waals surface area contributed by atoms with Gasteiger partial charge in [0, 0.05) is 32.0 Å². The molecule has 2 aromatic rings. The van der Waals surface area contributed by atoms with E-state index in [0.717, 1.165) is 29.8 Å². The monoisotopic (exact) mass is 345 g/mol. The molecular weight excluding hydrogens is 322 g/mol. The number of amides is 1. The second-order valence-electron chi connectivity index (χ2n) is 5.96. The topological polar surface area (TPSA) is 85.5 Å². The van der Waals surface area contributed by atoms with E-state index in [9.17, 15) is 4.79 Å². The zero-order valence-electron chi connectivity index (χ0n) is 14.3. The molecule has 0 bridgehead atoms. The summed E-state index contributed by atoms with van der Waals surface area (Å²) in [4.78, 5) is 19.2. The van der Waals surface area contributed by atoms with Crippen LogP contribution in [0.5, 0.6) is 5.75 Å². The number of H-pyrrole nitrogens is 1. The molecule has 0 radical (unpaired) electrons. The van der Waals surface area contributed by atoms with Crippen molar-refractivity contribution in [1.29, 1.82) is 0 Å². The average Bonchev–Trinajstić information content (AvgIpc) is 3.12. The average molecular weight is 345 g/mol. The Labute approximate surface area is 146 Å². The van der Waals surface area contributed by atoms with Gasteiger partial charge >= 0.3 is 6.09 Å². The second-order valence-corrected chi connectivity index (χ2v) is 5.96. The van der Waals surface area contributed by atoms with Crippen LogP contribution in [-0.2, 0) is 15.9 Å². The number of nitrogens with zero attached hydrogens (tertiary/aromatic N) is 1. The quantitative estimate of drug-likeness (QED) is 0.753. The summed E-state index contributed by atoms with van der Waals surface area (Å²) in [6.45, 7) is 1.59. The molecule has 0 aliphatic carbocycles. The number of benzene rings is 1. The number of hydrogen-bond acceptors (Lipinski definition) is 5. The van der Waals surface area contributed by atoms with Gasteiger partial charge in [0.05, 0.1) is 25.2 Å². The second kappa shape index (κ2) is 8.53. The molecule has 0 fully saturated rings.